The number of carbonyl (C=O) groups excluding carboxylic acids is 1. The summed E-state index contributed by atoms with van der Waals surface area (Å²) in [5, 5.41) is 0.111. The molecule has 8 radical (unpaired) electrons. The number of amides is 1. The minimum Gasteiger partial charge on any atom is -0.369 e. The van der Waals surface area contributed by atoms with Gasteiger partial charge in [-0.2, -0.15) is 0 Å². The SMILES string of the molecule is [B]c1c(Cl)cc2c3c([nH]c2c1[B])C(C(N)=O)CC([B])([B])C3. The average molecular weight is 288 g/mol. The van der Waals surface area contributed by atoms with Crippen molar-refractivity contribution in [2.45, 2.75) is 24.0 Å². The second-order valence-electron chi connectivity index (χ2n) is 5.69. The largest absolute Gasteiger partial charge is 0.369 e. The summed E-state index contributed by atoms with van der Waals surface area (Å²) in [5.41, 5.74) is 8.25. The van der Waals surface area contributed by atoms with Crippen molar-refractivity contribution in [3.8, 4) is 0 Å². The molecule has 0 aliphatic heterocycles. The van der Waals surface area contributed by atoms with Gasteiger partial charge < -0.3 is 10.7 Å². The molecular weight excluding hydrogens is 279 g/mol. The lowest BCUT2D eigenvalue weighted by molar-refractivity contribution is -0.119. The van der Waals surface area contributed by atoms with E-state index in [1.54, 1.807) is 6.07 Å². The minimum atomic E-state index is -1.01. The summed E-state index contributed by atoms with van der Waals surface area (Å²) >= 11 is 6.09. The molecule has 0 spiro atoms. The van der Waals surface area contributed by atoms with E-state index in [0.717, 1.165) is 10.9 Å². The number of nitrogens with one attached hydrogen (secondary N) is 1. The molecule has 1 aliphatic carbocycles. The number of H-pyrrole nitrogens is 1. The zero-order chi connectivity index (χ0) is 15.5. The van der Waals surface area contributed by atoms with Gasteiger partial charge in [0.2, 0.25) is 5.91 Å². The highest BCUT2D eigenvalue weighted by Crippen LogP contribution is 2.45. The Morgan fingerprint density at radius 3 is 2.67 bits per heavy atom. The molecule has 3 nitrogen and oxygen atoms in total. The van der Waals surface area contributed by atoms with Gasteiger partial charge in [0.25, 0.3) is 0 Å². The van der Waals surface area contributed by atoms with Gasteiger partial charge >= 0.3 is 0 Å². The maximum atomic E-state index is 11.7. The smallest absolute Gasteiger partial charge is 0.226 e. The van der Waals surface area contributed by atoms with Crippen LogP contribution in [-0.4, -0.2) is 42.3 Å². The summed E-state index contributed by atoms with van der Waals surface area (Å²) in [7, 11) is 23.9. The van der Waals surface area contributed by atoms with E-state index in [9.17, 15) is 4.79 Å². The molecule has 3 N–H and O–H groups in total. The van der Waals surface area contributed by atoms with Crippen molar-refractivity contribution in [3.05, 3.63) is 22.3 Å². The van der Waals surface area contributed by atoms with Gasteiger partial charge in [-0.15, -0.1) is 0 Å². The molecule has 2 aromatic rings. The van der Waals surface area contributed by atoms with Crippen molar-refractivity contribution in [2.24, 2.45) is 5.73 Å². The molecular formula is C13H9B4ClN2O. The third-order valence-electron chi connectivity index (χ3n) is 4.05. The first-order chi connectivity index (χ1) is 9.71. The van der Waals surface area contributed by atoms with Crippen LogP contribution >= 0.6 is 11.6 Å². The van der Waals surface area contributed by atoms with Crippen LogP contribution in [0.3, 0.4) is 0 Å². The zero-order valence-electron chi connectivity index (χ0n) is 11.2. The molecule has 1 aliphatic rings. The van der Waals surface area contributed by atoms with Gasteiger partial charge in [-0.25, -0.2) is 0 Å². The molecule has 1 amide bonds. The molecule has 21 heavy (non-hydrogen) atoms. The lowest BCUT2D eigenvalue weighted by atomic mass is 9.46. The van der Waals surface area contributed by atoms with Crippen LogP contribution < -0.4 is 16.7 Å². The van der Waals surface area contributed by atoms with Gasteiger partial charge in [0.1, 0.15) is 15.7 Å². The monoisotopic (exact) mass is 288 g/mol. The molecule has 1 atom stereocenters. The van der Waals surface area contributed by atoms with Crippen LogP contribution in [0.25, 0.3) is 10.9 Å². The van der Waals surface area contributed by atoms with Gasteiger partial charge in [0, 0.05) is 21.6 Å². The lowest BCUT2D eigenvalue weighted by Gasteiger charge is -2.34. The van der Waals surface area contributed by atoms with Crippen molar-refractivity contribution < 1.29 is 4.79 Å². The lowest BCUT2D eigenvalue weighted by Crippen LogP contribution is -2.32. The van der Waals surface area contributed by atoms with E-state index in [-0.39, 0.29) is 6.42 Å². The highest BCUT2D eigenvalue weighted by molar-refractivity contribution is 6.57. The highest BCUT2D eigenvalue weighted by atomic mass is 35.5. The molecule has 1 aromatic heterocycles. The normalized spacial score (nSPS) is 20.3. The van der Waals surface area contributed by atoms with Gasteiger partial charge in [0.05, 0.1) is 21.6 Å². The Kier molecular flexibility index (Phi) is 3.25. The van der Waals surface area contributed by atoms with Crippen LogP contribution in [0, 0.1) is 0 Å². The third kappa shape index (κ3) is 2.22. The van der Waals surface area contributed by atoms with E-state index in [1.165, 1.54) is 0 Å². The zero-order valence-corrected chi connectivity index (χ0v) is 12.0. The van der Waals surface area contributed by atoms with Gasteiger partial charge in [-0.05, 0) is 24.5 Å². The summed E-state index contributed by atoms with van der Waals surface area (Å²) in [6.45, 7) is 0. The van der Waals surface area contributed by atoms with E-state index in [1.807, 2.05) is 0 Å². The number of hydrogen-bond acceptors (Lipinski definition) is 1. The molecule has 3 rings (SSSR count). The van der Waals surface area contributed by atoms with Crippen molar-refractivity contribution in [3.63, 3.8) is 0 Å². The van der Waals surface area contributed by atoms with Crippen LogP contribution in [0.1, 0.15) is 23.6 Å². The fraction of sp³-hybridized carbons (Fsp3) is 0.308. The van der Waals surface area contributed by atoms with E-state index >= 15 is 0 Å². The molecule has 0 bridgehead atoms. The third-order valence-corrected chi connectivity index (χ3v) is 4.36. The van der Waals surface area contributed by atoms with Crippen molar-refractivity contribution in [1.82, 2.24) is 4.98 Å². The topological polar surface area (TPSA) is 58.9 Å². The predicted molar refractivity (Wildman–Crippen MR) is 88.5 cm³/mol. The van der Waals surface area contributed by atoms with Crippen LogP contribution in [0.2, 0.25) is 10.2 Å². The first-order valence-corrected chi connectivity index (χ1v) is 6.84. The Morgan fingerprint density at radius 2 is 2.05 bits per heavy atom. The Morgan fingerprint density at radius 1 is 1.38 bits per heavy atom. The maximum Gasteiger partial charge on any atom is 0.226 e. The summed E-state index contributed by atoms with van der Waals surface area (Å²) in [4.78, 5) is 14.9. The molecule has 0 saturated carbocycles. The highest BCUT2D eigenvalue weighted by Gasteiger charge is 2.36. The van der Waals surface area contributed by atoms with E-state index in [4.69, 9.17) is 48.7 Å². The molecule has 8 heteroatoms. The van der Waals surface area contributed by atoms with Gasteiger partial charge in [-0.1, -0.05) is 27.7 Å². The van der Waals surface area contributed by atoms with E-state index in [0.29, 0.717) is 33.6 Å². The molecule has 1 aromatic carbocycles. The van der Waals surface area contributed by atoms with Gasteiger partial charge in [-0.3, -0.25) is 4.79 Å². The number of rotatable bonds is 1. The maximum absolute atomic E-state index is 11.7. The van der Waals surface area contributed by atoms with Crippen molar-refractivity contribution >= 4 is 70.7 Å². The van der Waals surface area contributed by atoms with Crippen LogP contribution in [0.4, 0.5) is 0 Å². The standard InChI is InChI=1S/C13H9B4ClN2O/c14-8-7(18)1-4-5-2-13(16,17)3-6(12(19)21)10(5)20-11(4)9(8)15/h1,6,20H,2-3H2,(H2,19,21). The van der Waals surface area contributed by atoms with Crippen LogP contribution in [0.5, 0.6) is 0 Å². The molecule has 1 unspecified atom stereocenters. The number of hydrogen-bond donors (Lipinski definition) is 2. The average Bonchev–Trinajstić information content (AvgIpc) is 2.72. The predicted octanol–water partition coefficient (Wildman–Crippen LogP) is -0.623. The molecule has 0 saturated heterocycles. The summed E-state index contributed by atoms with van der Waals surface area (Å²) in [6.07, 6.45) is 0.664. The Labute approximate surface area is 133 Å². The minimum absolute atomic E-state index is 0.269. The van der Waals surface area contributed by atoms with E-state index in [2.05, 4.69) is 4.98 Å². The van der Waals surface area contributed by atoms with Gasteiger partial charge in [0.15, 0.2) is 0 Å². The fourth-order valence-electron chi connectivity index (χ4n) is 3.03. The molecule has 1 heterocycles. The number of aromatic nitrogens is 1. The van der Waals surface area contributed by atoms with Crippen molar-refractivity contribution in [1.29, 1.82) is 0 Å². The fourth-order valence-corrected chi connectivity index (χ4v) is 3.24. The first-order valence-electron chi connectivity index (χ1n) is 6.46. The van der Waals surface area contributed by atoms with Crippen LogP contribution in [-0.2, 0) is 11.2 Å². The Hall–Kier alpha value is -1.22. The van der Waals surface area contributed by atoms with E-state index < -0.39 is 17.0 Å². The number of aromatic amines is 1. The first kappa shape index (κ1) is 14.7. The second kappa shape index (κ2) is 4.64. The van der Waals surface area contributed by atoms with Crippen molar-refractivity contribution in [2.75, 3.05) is 0 Å². The Bertz CT molecular complexity index is 771. The number of carbonyl (C=O) groups is 1. The molecule has 96 valence electrons. The number of primary amides is 1. The molecule has 0 fully saturated rings. The summed E-state index contributed by atoms with van der Waals surface area (Å²) in [6, 6.07) is 1.71. The quantitative estimate of drug-likeness (QED) is 0.675. The Balaban J connectivity index is 2.34. The number of nitrogens with two attached hydrogens (primary N) is 1. The summed E-state index contributed by atoms with van der Waals surface area (Å²) < 4.78 is 0. The number of halogens is 1. The number of fused-ring (bicyclic) bond motifs is 3. The second-order valence-corrected chi connectivity index (χ2v) is 6.10. The number of benzene rings is 1. The summed E-state index contributed by atoms with van der Waals surface area (Å²) in [5.74, 6) is -1.07. The van der Waals surface area contributed by atoms with Crippen LogP contribution in [0.15, 0.2) is 6.07 Å².